The Morgan fingerprint density at radius 1 is 1.33 bits per heavy atom. The topological polar surface area (TPSA) is 43.8 Å². The summed E-state index contributed by atoms with van der Waals surface area (Å²) < 4.78 is 2.40. The van der Waals surface area contributed by atoms with E-state index in [0.717, 1.165) is 31.3 Å². The van der Waals surface area contributed by atoms with Gasteiger partial charge in [0.1, 0.15) is 5.82 Å². The fraction of sp³-hybridized carbons (Fsp3) is 0.533. The van der Waals surface area contributed by atoms with Crippen LogP contribution >= 0.6 is 0 Å². The summed E-state index contributed by atoms with van der Waals surface area (Å²) in [5.74, 6) is 1.81. The predicted molar refractivity (Wildman–Crippen MR) is 74.6 cm³/mol. The van der Waals surface area contributed by atoms with Crippen LogP contribution in [0.15, 0.2) is 24.3 Å². The van der Waals surface area contributed by atoms with Crippen LogP contribution in [0.25, 0.3) is 11.0 Å². The smallest absolute Gasteiger partial charge is 0.113 e. The summed E-state index contributed by atoms with van der Waals surface area (Å²) in [5.41, 5.74) is 8.44. The Labute approximate surface area is 108 Å². The van der Waals surface area contributed by atoms with Gasteiger partial charge in [0.05, 0.1) is 11.0 Å². The van der Waals surface area contributed by atoms with Gasteiger partial charge in [0.15, 0.2) is 0 Å². The van der Waals surface area contributed by atoms with E-state index in [9.17, 15) is 0 Å². The summed E-state index contributed by atoms with van der Waals surface area (Å²) in [6.45, 7) is 3.28. The van der Waals surface area contributed by atoms with Crippen LogP contribution in [0, 0.1) is 0 Å². The van der Waals surface area contributed by atoms with Crippen LogP contribution in [-0.4, -0.2) is 15.6 Å². The first-order valence-corrected chi connectivity index (χ1v) is 7.00. The number of fused-ring (bicyclic) bond motifs is 1. The van der Waals surface area contributed by atoms with Gasteiger partial charge in [-0.15, -0.1) is 0 Å². The van der Waals surface area contributed by atoms with Gasteiger partial charge >= 0.3 is 0 Å². The van der Waals surface area contributed by atoms with Gasteiger partial charge in [-0.3, -0.25) is 0 Å². The lowest BCUT2D eigenvalue weighted by Gasteiger charge is -2.13. The van der Waals surface area contributed by atoms with Crippen molar-refractivity contribution in [2.24, 2.45) is 5.73 Å². The number of benzene rings is 1. The third kappa shape index (κ3) is 1.93. The number of nitrogens with two attached hydrogens (primary N) is 1. The molecule has 1 fully saturated rings. The lowest BCUT2D eigenvalue weighted by molar-refractivity contribution is 0.577. The van der Waals surface area contributed by atoms with Crippen LogP contribution in [0.3, 0.4) is 0 Å². The number of imidazole rings is 1. The molecule has 96 valence electrons. The molecule has 0 bridgehead atoms. The Morgan fingerprint density at radius 3 is 2.89 bits per heavy atom. The van der Waals surface area contributed by atoms with Crippen molar-refractivity contribution in [2.75, 3.05) is 0 Å². The number of rotatable bonds is 3. The molecule has 1 aliphatic carbocycles. The zero-order chi connectivity index (χ0) is 12.5. The maximum atomic E-state index is 6.04. The van der Waals surface area contributed by atoms with Crippen LogP contribution in [0.1, 0.15) is 44.3 Å². The van der Waals surface area contributed by atoms with E-state index in [1.165, 1.54) is 17.8 Å². The molecule has 0 radical (unpaired) electrons. The molecule has 1 aromatic carbocycles. The lowest BCUT2D eigenvalue weighted by atomic mass is 10.1. The highest BCUT2D eigenvalue weighted by Crippen LogP contribution is 2.34. The quantitative estimate of drug-likeness (QED) is 0.900. The molecular formula is C15H21N3. The Kier molecular flexibility index (Phi) is 3.08. The first-order chi connectivity index (χ1) is 8.79. The highest BCUT2D eigenvalue weighted by Gasteiger charge is 2.27. The SMILES string of the molecule is CCCn1c(C2CCC(N)C2)nc2ccccc21. The van der Waals surface area contributed by atoms with Crippen LogP contribution in [0.2, 0.25) is 0 Å². The maximum absolute atomic E-state index is 6.04. The summed E-state index contributed by atoms with van der Waals surface area (Å²) in [6, 6.07) is 8.82. The van der Waals surface area contributed by atoms with Crippen LogP contribution in [0.4, 0.5) is 0 Å². The van der Waals surface area contributed by atoms with E-state index in [-0.39, 0.29) is 0 Å². The first-order valence-electron chi connectivity index (χ1n) is 7.00. The van der Waals surface area contributed by atoms with Crippen molar-refractivity contribution >= 4 is 11.0 Å². The molecule has 1 aliphatic rings. The number of aromatic nitrogens is 2. The molecule has 0 saturated heterocycles. The van der Waals surface area contributed by atoms with Gasteiger partial charge in [-0.25, -0.2) is 4.98 Å². The number of nitrogens with zero attached hydrogens (tertiary/aromatic N) is 2. The minimum absolute atomic E-state index is 0.366. The lowest BCUT2D eigenvalue weighted by Crippen LogP contribution is -2.15. The van der Waals surface area contributed by atoms with Crippen LogP contribution in [-0.2, 0) is 6.54 Å². The zero-order valence-corrected chi connectivity index (χ0v) is 11.0. The highest BCUT2D eigenvalue weighted by molar-refractivity contribution is 5.76. The van der Waals surface area contributed by atoms with Crippen molar-refractivity contribution in [3.05, 3.63) is 30.1 Å². The fourth-order valence-corrected chi connectivity index (χ4v) is 3.12. The normalized spacial score (nSPS) is 23.9. The van der Waals surface area contributed by atoms with E-state index in [4.69, 9.17) is 10.7 Å². The van der Waals surface area contributed by atoms with Crippen molar-refractivity contribution in [1.82, 2.24) is 9.55 Å². The van der Waals surface area contributed by atoms with Gasteiger partial charge in [0.2, 0.25) is 0 Å². The molecule has 1 saturated carbocycles. The van der Waals surface area contributed by atoms with Crippen molar-refractivity contribution in [1.29, 1.82) is 0 Å². The molecule has 2 N–H and O–H groups in total. The second kappa shape index (κ2) is 4.73. The van der Waals surface area contributed by atoms with E-state index < -0.39 is 0 Å². The second-order valence-corrected chi connectivity index (χ2v) is 5.38. The molecule has 1 aromatic heterocycles. The largest absolute Gasteiger partial charge is 0.328 e. The maximum Gasteiger partial charge on any atom is 0.113 e. The minimum atomic E-state index is 0.366. The van der Waals surface area contributed by atoms with Crippen LogP contribution < -0.4 is 5.73 Å². The van der Waals surface area contributed by atoms with E-state index in [0.29, 0.717) is 12.0 Å². The van der Waals surface area contributed by atoms with Crippen molar-refractivity contribution < 1.29 is 0 Å². The standard InChI is InChI=1S/C15H21N3/c1-2-9-18-14-6-4-3-5-13(14)17-15(18)11-7-8-12(16)10-11/h3-6,11-12H,2,7-10,16H2,1H3. The van der Waals surface area contributed by atoms with E-state index in [1.54, 1.807) is 0 Å². The average molecular weight is 243 g/mol. The molecule has 3 heteroatoms. The van der Waals surface area contributed by atoms with Crippen LogP contribution in [0.5, 0.6) is 0 Å². The zero-order valence-electron chi connectivity index (χ0n) is 11.0. The van der Waals surface area contributed by atoms with Gasteiger partial charge in [0, 0.05) is 18.5 Å². The first kappa shape index (κ1) is 11.7. The average Bonchev–Trinajstić information content (AvgIpc) is 2.95. The van der Waals surface area contributed by atoms with Crippen molar-refractivity contribution in [3.63, 3.8) is 0 Å². The van der Waals surface area contributed by atoms with E-state index >= 15 is 0 Å². The number of aryl methyl sites for hydroxylation is 1. The summed E-state index contributed by atoms with van der Waals surface area (Å²) in [5, 5.41) is 0. The van der Waals surface area contributed by atoms with Crippen molar-refractivity contribution in [3.8, 4) is 0 Å². The fourth-order valence-electron chi connectivity index (χ4n) is 3.12. The molecule has 0 spiro atoms. The summed E-state index contributed by atoms with van der Waals surface area (Å²) in [7, 11) is 0. The molecule has 18 heavy (non-hydrogen) atoms. The van der Waals surface area contributed by atoms with E-state index in [1.807, 2.05) is 0 Å². The number of hydrogen-bond donors (Lipinski definition) is 1. The molecule has 3 nitrogen and oxygen atoms in total. The Balaban J connectivity index is 2.06. The van der Waals surface area contributed by atoms with Gasteiger partial charge < -0.3 is 10.3 Å². The minimum Gasteiger partial charge on any atom is -0.328 e. The predicted octanol–water partition coefficient (Wildman–Crippen LogP) is 3.04. The molecule has 3 rings (SSSR count). The third-order valence-electron chi connectivity index (χ3n) is 3.97. The third-order valence-corrected chi connectivity index (χ3v) is 3.97. The second-order valence-electron chi connectivity index (χ2n) is 5.38. The number of para-hydroxylation sites is 2. The molecule has 0 amide bonds. The summed E-state index contributed by atoms with van der Waals surface area (Å²) in [4.78, 5) is 4.86. The Morgan fingerprint density at radius 2 is 2.17 bits per heavy atom. The monoisotopic (exact) mass is 243 g/mol. The van der Waals surface area contributed by atoms with Gasteiger partial charge in [-0.2, -0.15) is 0 Å². The van der Waals surface area contributed by atoms with Gasteiger partial charge in [0.25, 0.3) is 0 Å². The molecule has 2 atom stereocenters. The molecular weight excluding hydrogens is 222 g/mol. The Bertz CT molecular complexity index is 544. The summed E-state index contributed by atoms with van der Waals surface area (Å²) in [6.07, 6.45) is 4.56. The van der Waals surface area contributed by atoms with Crippen molar-refractivity contribution in [2.45, 2.75) is 51.1 Å². The van der Waals surface area contributed by atoms with Gasteiger partial charge in [-0.1, -0.05) is 19.1 Å². The molecule has 2 unspecified atom stereocenters. The van der Waals surface area contributed by atoms with Gasteiger partial charge in [-0.05, 0) is 37.8 Å². The Hall–Kier alpha value is -1.35. The molecule has 1 heterocycles. The van der Waals surface area contributed by atoms with E-state index in [2.05, 4.69) is 35.8 Å². The summed E-state index contributed by atoms with van der Waals surface area (Å²) >= 11 is 0. The molecule has 0 aliphatic heterocycles. The molecule has 2 aromatic rings. The number of hydrogen-bond acceptors (Lipinski definition) is 2. The highest BCUT2D eigenvalue weighted by atomic mass is 15.1.